The van der Waals surface area contributed by atoms with Crippen LogP contribution in [-0.2, 0) is 14.1 Å². The summed E-state index contributed by atoms with van der Waals surface area (Å²) < 4.78 is 18.4. The van der Waals surface area contributed by atoms with E-state index in [1.54, 1.807) is 0 Å². The Morgan fingerprint density at radius 1 is 0.306 bits per heavy atom. The third-order valence-electron chi connectivity index (χ3n) is 15.5. The summed E-state index contributed by atoms with van der Waals surface area (Å²) in [5.74, 6) is 0. The van der Waals surface area contributed by atoms with Gasteiger partial charge in [0, 0.05) is 119 Å². The van der Waals surface area contributed by atoms with Crippen LogP contribution < -0.4 is 9.80 Å². The van der Waals surface area contributed by atoms with Crippen LogP contribution in [-0.4, -0.2) is 9.13 Å². The van der Waals surface area contributed by atoms with Gasteiger partial charge in [0.1, 0.15) is 22.3 Å². The zero-order valence-electron chi connectivity index (χ0n) is 40.2. The highest BCUT2D eigenvalue weighted by molar-refractivity contribution is 6.22. The number of fused-ring (bicyclic) bond motifs is 14. The van der Waals surface area contributed by atoms with Gasteiger partial charge in [0.2, 0.25) is 0 Å². The molecule has 0 saturated carbocycles. The average Bonchev–Trinajstić information content (AvgIpc) is 4.15. The molecule has 11 aromatic carbocycles. The second kappa shape index (κ2) is 15.1. The first-order valence-corrected chi connectivity index (χ1v) is 24.7. The van der Waals surface area contributed by atoms with Gasteiger partial charge in [0.05, 0.1) is 0 Å². The third-order valence-corrected chi connectivity index (χ3v) is 15.5. The summed E-state index contributed by atoms with van der Waals surface area (Å²) in [7, 11) is 4.30. The molecule has 0 spiro atoms. The summed E-state index contributed by atoms with van der Waals surface area (Å²) in [5.41, 5.74) is 17.1. The molecule has 0 aliphatic heterocycles. The van der Waals surface area contributed by atoms with Crippen LogP contribution in [0.1, 0.15) is 11.1 Å². The Morgan fingerprint density at radius 3 is 1.15 bits per heavy atom. The number of aromatic nitrogens is 2. The van der Waals surface area contributed by atoms with Gasteiger partial charge in [-0.1, -0.05) is 84.9 Å². The number of anilines is 6. The summed E-state index contributed by atoms with van der Waals surface area (Å²) in [6.07, 6.45) is 0. The molecule has 6 nitrogen and oxygen atoms in total. The molecule has 0 radical (unpaired) electrons. The van der Waals surface area contributed by atoms with E-state index in [1.807, 2.05) is 0 Å². The van der Waals surface area contributed by atoms with Crippen molar-refractivity contribution in [1.82, 2.24) is 9.13 Å². The highest BCUT2D eigenvalue weighted by atomic mass is 16.3. The Hall–Kier alpha value is -9.26. The quantitative estimate of drug-likeness (QED) is 0.167. The largest absolute Gasteiger partial charge is 0.456 e. The lowest BCUT2D eigenvalue weighted by Gasteiger charge is -2.26. The highest BCUT2D eigenvalue weighted by Gasteiger charge is 2.24. The Morgan fingerprint density at radius 2 is 0.694 bits per heavy atom. The second-order valence-corrected chi connectivity index (χ2v) is 19.5. The van der Waals surface area contributed by atoms with E-state index < -0.39 is 0 Å². The number of benzene rings is 11. The maximum absolute atomic E-state index is 6.91. The van der Waals surface area contributed by atoms with Crippen LogP contribution in [0.4, 0.5) is 34.1 Å². The molecule has 0 unspecified atom stereocenters. The van der Waals surface area contributed by atoms with Crippen LogP contribution in [0, 0.1) is 13.8 Å². The van der Waals surface area contributed by atoms with Gasteiger partial charge >= 0.3 is 0 Å². The Kier molecular flexibility index (Phi) is 8.53. The minimum Gasteiger partial charge on any atom is -0.456 e. The van der Waals surface area contributed by atoms with Crippen molar-refractivity contribution in [2.24, 2.45) is 14.1 Å². The van der Waals surface area contributed by atoms with E-state index in [0.29, 0.717) is 0 Å². The van der Waals surface area contributed by atoms with Crippen molar-refractivity contribution in [1.29, 1.82) is 0 Å². The maximum atomic E-state index is 6.91. The summed E-state index contributed by atoms with van der Waals surface area (Å²) in [6.45, 7) is 4.36. The first kappa shape index (κ1) is 40.6. The Labute approximate surface area is 414 Å². The summed E-state index contributed by atoms with van der Waals surface area (Å²) in [4.78, 5) is 4.71. The molecule has 0 bridgehead atoms. The topological polar surface area (TPSA) is 42.6 Å². The number of hydrogen-bond acceptors (Lipinski definition) is 4. The first-order valence-electron chi connectivity index (χ1n) is 24.7. The third kappa shape index (κ3) is 5.84. The van der Waals surface area contributed by atoms with E-state index >= 15 is 0 Å². The second-order valence-electron chi connectivity index (χ2n) is 19.5. The Balaban J connectivity index is 0.845. The number of rotatable bonds is 6. The van der Waals surface area contributed by atoms with Gasteiger partial charge in [0.25, 0.3) is 0 Å². The smallest absolute Gasteiger partial charge is 0.142 e. The average molecular weight is 927 g/mol. The monoisotopic (exact) mass is 926 g/mol. The fraction of sp³-hybridized carbons (Fsp3) is 0.0606. The van der Waals surface area contributed by atoms with E-state index in [-0.39, 0.29) is 0 Å². The lowest BCUT2D eigenvalue weighted by molar-refractivity contribution is 0.651. The van der Waals surface area contributed by atoms with Crippen LogP contribution in [0.2, 0.25) is 0 Å². The van der Waals surface area contributed by atoms with Gasteiger partial charge in [-0.2, -0.15) is 0 Å². The van der Waals surface area contributed by atoms with E-state index in [2.05, 4.69) is 253 Å². The van der Waals surface area contributed by atoms with Crippen LogP contribution in [0.15, 0.2) is 215 Å². The molecule has 0 N–H and O–H groups in total. The van der Waals surface area contributed by atoms with E-state index in [1.165, 1.54) is 43.6 Å². The summed E-state index contributed by atoms with van der Waals surface area (Å²) >= 11 is 0. The molecule has 0 aliphatic rings. The number of furan rings is 2. The minimum absolute atomic E-state index is 0.863. The van der Waals surface area contributed by atoms with Crippen molar-refractivity contribution < 1.29 is 8.83 Å². The highest BCUT2D eigenvalue weighted by Crippen LogP contribution is 2.47. The van der Waals surface area contributed by atoms with E-state index in [9.17, 15) is 0 Å². The molecular weight excluding hydrogens is 881 g/mol. The first-order chi connectivity index (χ1) is 35.3. The SMILES string of the molecule is Cc1c2oc3cc4cc(N(c5ccccc5)c5ccc6c(c5)c5ccccc5n6C)ccc4cc3c2c(C)c2c1oc1cc3cc(N(c4ccccc4)c4ccc5c(c4)c4ccccc4n5C)ccc3cc12. The molecule has 72 heavy (non-hydrogen) atoms. The van der Waals surface area contributed by atoms with Crippen molar-refractivity contribution >= 4 is 143 Å². The van der Waals surface area contributed by atoms with Gasteiger partial charge in [-0.25, -0.2) is 0 Å². The van der Waals surface area contributed by atoms with Crippen LogP contribution in [0.5, 0.6) is 0 Å². The number of aryl methyl sites for hydroxylation is 4. The predicted octanol–water partition coefficient (Wildman–Crippen LogP) is 18.6. The van der Waals surface area contributed by atoms with Crippen molar-refractivity contribution in [2.45, 2.75) is 13.8 Å². The van der Waals surface area contributed by atoms with Gasteiger partial charge in [0.15, 0.2) is 0 Å². The normalized spacial score (nSPS) is 12.2. The molecule has 0 amide bonds. The molecule has 4 aromatic heterocycles. The van der Waals surface area contributed by atoms with Crippen LogP contribution >= 0.6 is 0 Å². The summed E-state index contributed by atoms with van der Waals surface area (Å²) in [6, 6.07) is 74.9. The van der Waals surface area contributed by atoms with E-state index in [4.69, 9.17) is 8.83 Å². The van der Waals surface area contributed by atoms with Crippen molar-refractivity contribution in [3.05, 3.63) is 217 Å². The molecule has 15 rings (SSSR count). The fourth-order valence-corrected chi connectivity index (χ4v) is 12.1. The van der Waals surface area contributed by atoms with Crippen LogP contribution in [0.25, 0.3) is 109 Å². The van der Waals surface area contributed by atoms with Gasteiger partial charge in [-0.15, -0.1) is 0 Å². The zero-order chi connectivity index (χ0) is 47.9. The zero-order valence-corrected chi connectivity index (χ0v) is 40.2. The molecular formula is C66H46N4O2. The lowest BCUT2D eigenvalue weighted by atomic mass is 9.96. The van der Waals surface area contributed by atoms with Gasteiger partial charge in [-0.05, 0) is 162 Å². The van der Waals surface area contributed by atoms with Gasteiger partial charge < -0.3 is 27.8 Å². The van der Waals surface area contributed by atoms with Crippen LogP contribution in [0.3, 0.4) is 0 Å². The lowest BCUT2D eigenvalue weighted by Crippen LogP contribution is -2.09. The maximum Gasteiger partial charge on any atom is 0.142 e. The molecule has 342 valence electrons. The van der Waals surface area contributed by atoms with Crippen molar-refractivity contribution in [2.75, 3.05) is 9.80 Å². The standard InChI is InChI=1S/C66H46N4O2/c1-39-63-55-33-41-23-25-47(69(45-15-7-5-8-16-45)49-27-29-59-53(37-49)51-19-11-13-21-57(51)67(59)3)31-43(41)35-61(55)71-65(63)40(2)66-64(39)56-34-42-24-26-48(32-44(42)36-62(56)72-66)70(46-17-9-6-10-18-46)50-28-30-60-54(38-50)52-20-12-14-22-58(52)68(60)4/h5-38H,1-4H3. The van der Waals surface area contributed by atoms with Gasteiger partial charge in [-0.3, -0.25) is 0 Å². The number of nitrogens with zero attached hydrogens (tertiary/aromatic N) is 4. The molecule has 0 aliphatic carbocycles. The summed E-state index contributed by atoms with van der Waals surface area (Å²) in [5, 5.41) is 14.0. The molecule has 15 aromatic rings. The molecule has 0 fully saturated rings. The fourth-order valence-electron chi connectivity index (χ4n) is 12.1. The number of hydrogen-bond donors (Lipinski definition) is 0. The Bertz CT molecular complexity index is 4450. The molecule has 4 heterocycles. The number of para-hydroxylation sites is 4. The molecule has 6 heteroatoms. The predicted molar refractivity (Wildman–Crippen MR) is 303 cm³/mol. The van der Waals surface area contributed by atoms with Crippen molar-refractivity contribution in [3.63, 3.8) is 0 Å². The molecule has 0 saturated heterocycles. The molecule has 0 atom stereocenters. The van der Waals surface area contributed by atoms with E-state index in [0.717, 1.165) is 111 Å². The van der Waals surface area contributed by atoms with Crippen molar-refractivity contribution in [3.8, 4) is 0 Å². The minimum atomic E-state index is 0.863.